The number of carbonyl (C=O) groups is 1. The third-order valence-corrected chi connectivity index (χ3v) is 2.63. The Kier molecular flexibility index (Phi) is 3.52. The van der Waals surface area contributed by atoms with Crippen molar-refractivity contribution in [2.24, 2.45) is 0 Å². The van der Waals surface area contributed by atoms with Crippen LogP contribution in [0.3, 0.4) is 0 Å². The Hall–Kier alpha value is -2.02. The second-order valence-electron chi connectivity index (χ2n) is 3.54. The minimum atomic E-state index is -0.903. The summed E-state index contributed by atoms with van der Waals surface area (Å²) in [5.74, 6) is 0.168. The minimum Gasteiger partial charge on any atom is -0.472 e. The first kappa shape index (κ1) is 12.4. The second-order valence-corrected chi connectivity index (χ2v) is 3.98. The van der Waals surface area contributed by atoms with Crippen LogP contribution in [0.25, 0.3) is 0 Å². The first-order chi connectivity index (χ1) is 8.58. The number of halogens is 1. The lowest BCUT2D eigenvalue weighted by molar-refractivity contribution is -0.757. The summed E-state index contributed by atoms with van der Waals surface area (Å²) in [7, 11) is 0. The van der Waals surface area contributed by atoms with Gasteiger partial charge in [0, 0.05) is 11.6 Å². The standard InChI is InChI=1S/C10H9ClN2O5/c11-7-1-2-9-8(5-7)10(14)12(6-17-9)3-4-18-13(15)16/h1-2,5H,3-4,6H2. The van der Waals surface area contributed by atoms with E-state index in [0.29, 0.717) is 16.3 Å². The summed E-state index contributed by atoms with van der Waals surface area (Å²) in [5.41, 5.74) is 0.342. The molecule has 1 amide bonds. The van der Waals surface area contributed by atoms with E-state index in [9.17, 15) is 14.9 Å². The molecule has 1 aliphatic rings. The molecule has 1 aromatic carbocycles. The molecule has 1 aromatic rings. The quantitative estimate of drug-likeness (QED) is 0.610. The Morgan fingerprint density at radius 1 is 1.56 bits per heavy atom. The highest BCUT2D eigenvalue weighted by Gasteiger charge is 2.25. The van der Waals surface area contributed by atoms with Gasteiger partial charge < -0.3 is 14.5 Å². The van der Waals surface area contributed by atoms with Crippen LogP contribution < -0.4 is 4.74 Å². The lowest BCUT2D eigenvalue weighted by Gasteiger charge is -2.28. The predicted octanol–water partition coefficient (Wildman–Crippen LogP) is 1.34. The van der Waals surface area contributed by atoms with Gasteiger partial charge in [-0.2, -0.15) is 0 Å². The van der Waals surface area contributed by atoms with E-state index in [-0.39, 0.29) is 25.8 Å². The van der Waals surface area contributed by atoms with Gasteiger partial charge in [-0.05, 0) is 18.2 Å². The summed E-state index contributed by atoms with van der Waals surface area (Å²) in [6, 6.07) is 4.74. The highest BCUT2D eigenvalue weighted by molar-refractivity contribution is 6.31. The van der Waals surface area contributed by atoms with Crippen molar-refractivity contribution in [2.45, 2.75) is 0 Å². The van der Waals surface area contributed by atoms with E-state index in [2.05, 4.69) is 4.84 Å². The van der Waals surface area contributed by atoms with Gasteiger partial charge in [-0.15, -0.1) is 10.1 Å². The number of carbonyl (C=O) groups excluding carboxylic acids is 1. The molecule has 8 heteroatoms. The fourth-order valence-electron chi connectivity index (χ4n) is 1.56. The average molecular weight is 273 g/mol. The molecule has 96 valence electrons. The van der Waals surface area contributed by atoms with Gasteiger partial charge in [0.2, 0.25) is 0 Å². The molecule has 18 heavy (non-hydrogen) atoms. The van der Waals surface area contributed by atoms with Crippen LogP contribution in [0.2, 0.25) is 5.02 Å². The van der Waals surface area contributed by atoms with Crippen molar-refractivity contribution in [3.63, 3.8) is 0 Å². The van der Waals surface area contributed by atoms with Crippen molar-refractivity contribution in [1.82, 2.24) is 4.90 Å². The number of benzene rings is 1. The fourth-order valence-corrected chi connectivity index (χ4v) is 1.74. The van der Waals surface area contributed by atoms with Crippen LogP contribution in [0.4, 0.5) is 0 Å². The summed E-state index contributed by atoms with van der Waals surface area (Å²) in [6.07, 6.45) is 0. The SMILES string of the molecule is O=C1c2cc(Cl)ccc2OCN1CCO[N+](=O)[O-]. The smallest absolute Gasteiger partial charge is 0.294 e. The molecule has 2 rings (SSSR count). The molecule has 0 spiro atoms. The topological polar surface area (TPSA) is 81.9 Å². The summed E-state index contributed by atoms with van der Waals surface area (Å²) in [4.78, 5) is 27.5. The van der Waals surface area contributed by atoms with Crippen LogP contribution in [0.15, 0.2) is 18.2 Å². The Morgan fingerprint density at radius 2 is 2.33 bits per heavy atom. The second kappa shape index (κ2) is 5.09. The number of rotatable bonds is 4. The summed E-state index contributed by atoms with van der Waals surface area (Å²) < 4.78 is 5.34. The number of fused-ring (bicyclic) bond motifs is 1. The number of hydrogen-bond donors (Lipinski definition) is 0. The highest BCUT2D eigenvalue weighted by Crippen LogP contribution is 2.27. The largest absolute Gasteiger partial charge is 0.472 e. The van der Waals surface area contributed by atoms with E-state index >= 15 is 0 Å². The summed E-state index contributed by atoms with van der Waals surface area (Å²) in [5, 5.41) is 9.52. The first-order valence-electron chi connectivity index (χ1n) is 5.07. The van der Waals surface area contributed by atoms with Gasteiger partial charge in [0.1, 0.15) is 12.4 Å². The zero-order chi connectivity index (χ0) is 13.1. The maximum Gasteiger partial charge on any atom is 0.294 e. The molecule has 0 radical (unpaired) electrons. The van der Waals surface area contributed by atoms with E-state index < -0.39 is 5.09 Å². The van der Waals surface area contributed by atoms with E-state index in [0.717, 1.165) is 0 Å². The number of ether oxygens (including phenoxy) is 1. The minimum absolute atomic E-state index is 0.0362. The summed E-state index contributed by atoms with van der Waals surface area (Å²) >= 11 is 5.80. The van der Waals surface area contributed by atoms with Gasteiger partial charge >= 0.3 is 0 Å². The van der Waals surface area contributed by atoms with Crippen molar-refractivity contribution in [3.05, 3.63) is 38.9 Å². The summed E-state index contributed by atoms with van der Waals surface area (Å²) in [6.45, 7) is -0.0850. The highest BCUT2D eigenvalue weighted by atomic mass is 35.5. The fraction of sp³-hybridized carbons (Fsp3) is 0.300. The number of amides is 1. The maximum absolute atomic E-state index is 12.0. The lowest BCUT2D eigenvalue weighted by atomic mass is 10.1. The van der Waals surface area contributed by atoms with Crippen LogP contribution in [0, 0.1) is 10.1 Å². The van der Waals surface area contributed by atoms with Crippen LogP contribution in [0.5, 0.6) is 5.75 Å². The van der Waals surface area contributed by atoms with Crippen LogP contribution in [-0.2, 0) is 4.84 Å². The van der Waals surface area contributed by atoms with Crippen LogP contribution in [-0.4, -0.2) is 35.8 Å². The molecule has 0 aromatic heterocycles. The predicted molar refractivity (Wildman–Crippen MR) is 60.9 cm³/mol. The molecule has 0 atom stereocenters. The molecule has 7 nitrogen and oxygen atoms in total. The maximum atomic E-state index is 12.0. The zero-order valence-electron chi connectivity index (χ0n) is 9.17. The molecule has 0 unspecified atom stereocenters. The molecule has 0 aliphatic carbocycles. The van der Waals surface area contributed by atoms with Gasteiger partial charge in [0.15, 0.2) is 6.73 Å². The van der Waals surface area contributed by atoms with Crippen molar-refractivity contribution in [2.75, 3.05) is 19.9 Å². The van der Waals surface area contributed by atoms with Crippen molar-refractivity contribution in [1.29, 1.82) is 0 Å². The molecule has 0 N–H and O–H groups in total. The Morgan fingerprint density at radius 3 is 3.06 bits per heavy atom. The monoisotopic (exact) mass is 272 g/mol. The first-order valence-corrected chi connectivity index (χ1v) is 5.44. The Labute approximate surface area is 107 Å². The molecule has 0 saturated carbocycles. The van der Waals surface area contributed by atoms with E-state index in [1.54, 1.807) is 12.1 Å². The third-order valence-electron chi connectivity index (χ3n) is 2.39. The molecule has 1 aliphatic heterocycles. The number of nitrogens with zero attached hydrogens (tertiary/aromatic N) is 2. The van der Waals surface area contributed by atoms with Crippen LogP contribution >= 0.6 is 11.6 Å². The Bertz CT molecular complexity index is 493. The van der Waals surface area contributed by atoms with Gasteiger partial charge in [0.05, 0.1) is 5.56 Å². The molecule has 0 saturated heterocycles. The van der Waals surface area contributed by atoms with Gasteiger partial charge in [0.25, 0.3) is 11.0 Å². The van der Waals surface area contributed by atoms with Crippen molar-refractivity contribution in [3.8, 4) is 5.75 Å². The third kappa shape index (κ3) is 2.62. The molecule has 0 bridgehead atoms. The molecule has 1 heterocycles. The lowest BCUT2D eigenvalue weighted by Crippen LogP contribution is -2.40. The Balaban J connectivity index is 2.05. The molecular weight excluding hydrogens is 264 g/mol. The zero-order valence-corrected chi connectivity index (χ0v) is 9.92. The van der Waals surface area contributed by atoms with E-state index in [1.807, 2.05) is 0 Å². The number of hydrogen-bond acceptors (Lipinski definition) is 5. The van der Waals surface area contributed by atoms with Crippen LogP contribution in [0.1, 0.15) is 10.4 Å². The molecular formula is C10H9ClN2O5. The average Bonchev–Trinajstić information content (AvgIpc) is 2.32. The van der Waals surface area contributed by atoms with Gasteiger partial charge in [-0.3, -0.25) is 4.79 Å². The normalized spacial score (nSPS) is 13.8. The molecule has 0 fully saturated rings. The van der Waals surface area contributed by atoms with Crippen molar-refractivity contribution < 1.29 is 19.5 Å². The van der Waals surface area contributed by atoms with E-state index in [1.165, 1.54) is 11.0 Å². The van der Waals surface area contributed by atoms with Gasteiger partial charge in [-0.1, -0.05) is 11.6 Å². The van der Waals surface area contributed by atoms with Gasteiger partial charge in [-0.25, -0.2) is 0 Å². The van der Waals surface area contributed by atoms with Crippen molar-refractivity contribution >= 4 is 17.5 Å². The van der Waals surface area contributed by atoms with E-state index in [4.69, 9.17) is 16.3 Å².